The Bertz CT molecular complexity index is 1300. The van der Waals surface area contributed by atoms with Gasteiger partial charge in [-0.2, -0.15) is 4.31 Å². The Hall–Kier alpha value is -3.41. The molecule has 0 unspecified atom stereocenters. The number of nitrogens with zero attached hydrogens (tertiary/aromatic N) is 2. The minimum atomic E-state index is -3.71. The molecule has 4 aromatic carbocycles. The second-order valence-corrected chi connectivity index (χ2v) is 10.4. The molecule has 4 aromatic rings. The van der Waals surface area contributed by atoms with Gasteiger partial charge in [0.15, 0.2) is 0 Å². The van der Waals surface area contributed by atoms with Crippen LogP contribution in [0, 0.1) is 0 Å². The van der Waals surface area contributed by atoms with Crippen molar-refractivity contribution in [2.45, 2.75) is 31.8 Å². The molecule has 0 atom stereocenters. The Morgan fingerprint density at radius 3 is 1.60 bits per heavy atom. The molecule has 0 N–H and O–H groups in total. The van der Waals surface area contributed by atoms with E-state index in [0.29, 0.717) is 18.0 Å². The molecular formula is C30H32N2O2S. The molecule has 5 heteroatoms. The van der Waals surface area contributed by atoms with Crippen LogP contribution in [0.2, 0.25) is 0 Å². The Morgan fingerprint density at radius 1 is 0.571 bits per heavy atom. The number of anilines is 1. The normalized spacial score (nSPS) is 11.5. The van der Waals surface area contributed by atoms with Gasteiger partial charge in [-0.15, -0.1) is 0 Å². The number of hydrogen-bond acceptors (Lipinski definition) is 3. The highest BCUT2D eigenvalue weighted by atomic mass is 32.2. The van der Waals surface area contributed by atoms with E-state index < -0.39 is 10.0 Å². The van der Waals surface area contributed by atoms with Gasteiger partial charge in [0.1, 0.15) is 0 Å². The molecule has 4 rings (SSSR count). The van der Waals surface area contributed by atoms with Gasteiger partial charge in [0.05, 0.1) is 4.90 Å². The van der Waals surface area contributed by atoms with E-state index in [2.05, 4.69) is 30.9 Å². The van der Waals surface area contributed by atoms with Crippen molar-refractivity contribution in [1.82, 2.24) is 4.31 Å². The number of sulfonamides is 1. The summed E-state index contributed by atoms with van der Waals surface area (Å²) in [5.41, 5.74) is 5.11. The molecular weight excluding hydrogens is 452 g/mol. The molecule has 35 heavy (non-hydrogen) atoms. The molecule has 180 valence electrons. The van der Waals surface area contributed by atoms with Crippen molar-refractivity contribution >= 4 is 15.7 Å². The van der Waals surface area contributed by atoms with E-state index in [0.717, 1.165) is 41.0 Å². The van der Waals surface area contributed by atoms with Crippen LogP contribution in [0.1, 0.15) is 25.0 Å². The van der Waals surface area contributed by atoms with Crippen LogP contribution in [0.25, 0.3) is 11.1 Å². The minimum Gasteiger partial charge on any atom is -0.372 e. The van der Waals surface area contributed by atoms with Gasteiger partial charge in [-0.3, -0.25) is 0 Å². The SMILES string of the molecule is CCN(CC)c1ccc(CN(Cc2ccccc2)S(=O)(=O)c2ccc(-c3ccccc3)cc2)cc1. The first-order valence-electron chi connectivity index (χ1n) is 12.0. The summed E-state index contributed by atoms with van der Waals surface area (Å²) < 4.78 is 29.1. The molecule has 0 radical (unpaired) electrons. The van der Waals surface area contributed by atoms with E-state index >= 15 is 0 Å². The van der Waals surface area contributed by atoms with E-state index in [4.69, 9.17) is 0 Å². The lowest BCUT2D eigenvalue weighted by Crippen LogP contribution is -2.30. The lowest BCUT2D eigenvalue weighted by atomic mass is 10.1. The van der Waals surface area contributed by atoms with Crippen molar-refractivity contribution < 1.29 is 8.42 Å². The van der Waals surface area contributed by atoms with E-state index in [1.165, 1.54) is 0 Å². The lowest BCUT2D eigenvalue weighted by molar-refractivity contribution is 0.401. The molecule has 0 saturated heterocycles. The molecule has 0 spiro atoms. The zero-order valence-corrected chi connectivity index (χ0v) is 21.2. The average molecular weight is 485 g/mol. The highest BCUT2D eigenvalue weighted by Crippen LogP contribution is 2.26. The van der Waals surface area contributed by atoms with Gasteiger partial charge in [0, 0.05) is 31.9 Å². The van der Waals surface area contributed by atoms with Crippen LogP contribution in [-0.2, 0) is 23.1 Å². The van der Waals surface area contributed by atoms with Gasteiger partial charge < -0.3 is 4.90 Å². The first-order valence-corrected chi connectivity index (χ1v) is 13.5. The van der Waals surface area contributed by atoms with E-state index in [9.17, 15) is 8.42 Å². The Morgan fingerprint density at radius 2 is 1.06 bits per heavy atom. The standard InChI is InChI=1S/C30H32N2O2S/c1-3-31(4-2)29-19-15-26(16-20-29)24-32(23-25-11-7-5-8-12-25)35(33,34)30-21-17-28(18-22-30)27-13-9-6-10-14-27/h5-22H,3-4,23-24H2,1-2H3. The monoisotopic (exact) mass is 484 g/mol. The summed E-state index contributed by atoms with van der Waals surface area (Å²) in [5, 5.41) is 0. The van der Waals surface area contributed by atoms with Gasteiger partial charge >= 0.3 is 0 Å². The number of hydrogen-bond donors (Lipinski definition) is 0. The topological polar surface area (TPSA) is 40.6 Å². The summed E-state index contributed by atoms with van der Waals surface area (Å²) in [6.45, 7) is 6.74. The third kappa shape index (κ3) is 5.99. The van der Waals surface area contributed by atoms with E-state index in [1.54, 1.807) is 16.4 Å². The summed E-state index contributed by atoms with van der Waals surface area (Å²) in [6.07, 6.45) is 0. The Kier molecular flexibility index (Phi) is 8.01. The van der Waals surface area contributed by atoms with Crippen LogP contribution < -0.4 is 4.90 Å². The van der Waals surface area contributed by atoms with Gasteiger partial charge in [0.25, 0.3) is 0 Å². The quantitative estimate of drug-likeness (QED) is 0.255. The summed E-state index contributed by atoms with van der Waals surface area (Å²) >= 11 is 0. The molecule has 0 amide bonds. The average Bonchev–Trinajstić information content (AvgIpc) is 2.91. The Balaban J connectivity index is 1.62. The maximum atomic E-state index is 13.8. The van der Waals surface area contributed by atoms with Crippen molar-refractivity contribution in [2.24, 2.45) is 0 Å². The predicted molar refractivity (Wildman–Crippen MR) is 145 cm³/mol. The van der Waals surface area contributed by atoms with Crippen LogP contribution in [0.4, 0.5) is 5.69 Å². The molecule has 0 aromatic heterocycles. The van der Waals surface area contributed by atoms with Crippen LogP contribution in [0.5, 0.6) is 0 Å². The first kappa shape index (κ1) is 24.7. The molecule has 0 aliphatic heterocycles. The summed E-state index contributed by atoms with van der Waals surface area (Å²) in [7, 11) is -3.71. The van der Waals surface area contributed by atoms with Gasteiger partial charge in [-0.25, -0.2) is 8.42 Å². The van der Waals surface area contributed by atoms with Crippen LogP contribution in [0.3, 0.4) is 0 Å². The van der Waals surface area contributed by atoms with Crippen molar-refractivity contribution in [3.05, 3.63) is 120 Å². The third-order valence-electron chi connectivity index (χ3n) is 6.22. The number of benzene rings is 4. The van der Waals surface area contributed by atoms with E-state index in [-0.39, 0.29) is 0 Å². The van der Waals surface area contributed by atoms with E-state index in [1.807, 2.05) is 84.9 Å². The minimum absolute atomic E-state index is 0.299. The second-order valence-electron chi connectivity index (χ2n) is 8.49. The van der Waals surface area contributed by atoms with Gasteiger partial charge in [-0.05, 0) is 60.4 Å². The Labute approximate surface area is 209 Å². The smallest absolute Gasteiger partial charge is 0.243 e. The lowest BCUT2D eigenvalue weighted by Gasteiger charge is -2.24. The van der Waals surface area contributed by atoms with Gasteiger partial charge in [0.2, 0.25) is 10.0 Å². The second kappa shape index (κ2) is 11.3. The molecule has 0 bridgehead atoms. The van der Waals surface area contributed by atoms with Crippen molar-refractivity contribution in [3.63, 3.8) is 0 Å². The van der Waals surface area contributed by atoms with Crippen molar-refractivity contribution in [3.8, 4) is 11.1 Å². The van der Waals surface area contributed by atoms with Crippen molar-refractivity contribution in [1.29, 1.82) is 0 Å². The first-order chi connectivity index (χ1) is 17.0. The maximum absolute atomic E-state index is 13.8. The van der Waals surface area contributed by atoms with Crippen LogP contribution in [-0.4, -0.2) is 25.8 Å². The fraction of sp³-hybridized carbons (Fsp3) is 0.200. The molecule has 0 fully saturated rings. The number of rotatable bonds is 10. The summed E-state index contributed by atoms with van der Waals surface area (Å²) in [4.78, 5) is 2.57. The summed E-state index contributed by atoms with van der Waals surface area (Å²) in [5.74, 6) is 0. The highest BCUT2D eigenvalue weighted by Gasteiger charge is 2.25. The zero-order chi connectivity index (χ0) is 24.7. The molecule has 0 aliphatic carbocycles. The van der Waals surface area contributed by atoms with Crippen LogP contribution >= 0.6 is 0 Å². The largest absolute Gasteiger partial charge is 0.372 e. The van der Waals surface area contributed by atoms with Crippen molar-refractivity contribution in [2.75, 3.05) is 18.0 Å². The fourth-order valence-corrected chi connectivity index (χ4v) is 5.63. The maximum Gasteiger partial charge on any atom is 0.243 e. The fourth-order valence-electron chi connectivity index (χ4n) is 4.22. The third-order valence-corrected chi connectivity index (χ3v) is 8.03. The van der Waals surface area contributed by atoms with Crippen LogP contribution in [0.15, 0.2) is 114 Å². The predicted octanol–water partition coefficient (Wildman–Crippen LogP) is 6.59. The van der Waals surface area contributed by atoms with Gasteiger partial charge in [-0.1, -0.05) is 84.9 Å². The highest BCUT2D eigenvalue weighted by molar-refractivity contribution is 7.89. The molecule has 0 aliphatic rings. The zero-order valence-electron chi connectivity index (χ0n) is 20.3. The molecule has 4 nitrogen and oxygen atoms in total. The molecule has 0 saturated carbocycles. The molecule has 0 heterocycles. The summed E-state index contributed by atoms with van der Waals surface area (Å²) in [6, 6.07) is 35.1.